The molecule has 2 aromatic carbocycles. The minimum atomic E-state index is -0.377. The SMILES string of the molecule is CC(C)(C)c1ccc(C(=O)c2c(O)cc(O)cc2Cl)cc1. The van der Waals surface area contributed by atoms with Crippen LogP contribution in [0.3, 0.4) is 0 Å². The molecule has 0 bridgehead atoms. The summed E-state index contributed by atoms with van der Waals surface area (Å²) in [6.07, 6.45) is 0. The number of carbonyl (C=O) groups is 1. The first-order valence-corrected chi connectivity index (χ1v) is 6.94. The summed E-state index contributed by atoms with van der Waals surface area (Å²) in [5, 5.41) is 19.2. The average Bonchev–Trinajstić information content (AvgIpc) is 2.36. The molecule has 0 spiro atoms. The van der Waals surface area contributed by atoms with Crippen molar-refractivity contribution in [2.75, 3.05) is 0 Å². The number of ketones is 1. The van der Waals surface area contributed by atoms with Crippen molar-refractivity contribution in [3.05, 3.63) is 58.1 Å². The maximum atomic E-state index is 12.4. The van der Waals surface area contributed by atoms with Crippen LogP contribution in [0.15, 0.2) is 36.4 Å². The molecule has 110 valence electrons. The van der Waals surface area contributed by atoms with Gasteiger partial charge in [-0.1, -0.05) is 56.6 Å². The second-order valence-electron chi connectivity index (χ2n) is 5.98. The highest BCUT2D eigenvalue weighted by Gasteiger charge is 2.20. The van der Waals surface area contributed by atoms with Gasteiger partial charge in [0.25, 0.3) is 0 Å². The molecule has 2 rings (SSSR count). The van der Waals surface area contributed by atoms with E-state index in [-0.39, 0.29) is 33.3 Å². The van der Waals surface area contributed by atoms with Gasteiger partial charge in [-0.05, 0) is 17.0 Å². The number of aromatic hydroxyl groups is 2. The summed E-state index contributed by atoms with van der Waals surface area (Å²) in [6.45, 7) is 6.27. The van der Waals surface area contributed by atoms with Gasteiger partial charge >= 0.3 is 0 Å². The third kappa shape index (κ3) is 3.19. The van der Waals surface area contributed by atoms with Crippen LogP contribution in [-0.4, -0.2) is 16.0 Å². The van der Waals surface area contributed by atoms with Crippen molar-refractivity contribution in [2.24, 2.45) is 0 Å². The third-order valence-electron chi connectivity index (χ3n) is 3.29. The molecule has 0 unspecified atom stereocenters. The lowest BCUT2D eigenvalue weighted by atomic mass is 9.86. The molecule has 0 aliphatic rings. The highest BCUT2D eigenvalue weighted by atomic mass is 35.5. The number of carbonyl (C=O) groups excluding carboxylic acids is 1. The van der Waals surface area contributed by atoms with Gasteiger partial charge in [-0.3, -0.25) is 4.79 Å². The molecule has 0 fully saturated rings. The van der Waals surface area contributed by atoms with Crippen LogP contribution in [0.4, 0.5) is 0 Å². The number of benzene rings is 2. The lowest BCUT2D eigenvalue weighted by molar-refractivity contribution is 0.103. The molecular formula is C17H17ClO3. The molecule has 3 nitrogen and oxygen atoms in total. The van der Waals surface area contributed by atoms with Crippen molar-refractivity contribution < 1.29 is 15.0 Å². The lowest BCUT2D eigenvalue weighted by Crippen LogP contribution is -2.11. The largest absolute Gasteiger partial charge is 0.508 e. The van der Waals surface area contributed by atoms with Crippen molar-refractivity contribution in [3.63, 3.8) is 0 Å². The van der Waals surface area contributed by atoms with E-state index in [1.165, 1.54) is 6.07 Å². The zero-order chi connectivity index (χ0) is 15.8. The zero-order valence-corrected chi connectivity index (χ0v) is 12.9. The number of phenolic OH excluding ortho intramolecular Hbond substituents is 2. The highest BCUT2D eigenvalue weighted by molar-refractivity contribution is 6.35. The quantitative estimate of drug-likeness (QED) is 0.814. The number of phenols is 2. The van der Waals surface area contributed by atoms with Crippen LogP contribution in [0.2, 0.25) is 5.02 Å². The van der Waals surface area contributed by atoms with Crippen LogP contribution >= 0.6 is 11.6 Å². The van der Waals surface area contributed by atoms with E-state index in [4.69, 9.17) is 11.6 Å². The predicted molar refractivity (Wildman–Crippen MR) is 83.4 cm³/mol. The summed E-state index contributed by atoms with van der Waals surface area (Å²) in [5.41, 5.74) is 1.55. The van der Waals surface area contributed by atoms with Crippen molar-refractivity contribution in [1.29, 1.82) is 0 Å². The van der Waals surface area contributed by atoms with Gasteiger partial charge < -0.3 is 10.2 Å². The van der Waals surface area contributed by atoms with Gasteiger partial charge in [-0.15, -0.1) is 0 Å². The maximum absolute atomic E-state index is 12.4. The Labute approximate surface area is 128 Å². The zero-order valence-electron chi connectivity index (χ0n) is 12.1. The Morgan fingerprint density at radius 1 is 1.05 bits per heavy atom. The second kappa shape index (κ2) is 5.41. The molecule has 21 heavy (non-hydrogen) atoms. The van der Waals surface area contributed by atoms with Crippen LogP contribution in [-0.2, 0) is 5.41 Å². The molecule has 0 aliphatic heterocycles. The highest BCUT2D eigenvalue weighted by Crippen LogP contribution is 2.33. The van der Waals surface area contributed by atoms with E-state index in [0.29, 0.717) is 5.56 Å². The second-order valence-corrected chi connectivity index (χ2v) is 6.39. The fourth-order valence-electron chi connectivity index (χ4n) is 2.07. The molecule has 0 aliphatic carbocycles. The fourth-order valence-corrected chi connectivity index (χ4v) is 2.36. The van der Waals surface area contributed by atoms with Crippen LogP contribution < -0.4 is 0 Å². The minimum absolute atomic E-state index is 0.000101. The van der Waals surface area contributed by atoms with Crippen LogP contribution in [0, 0.1) is 0 Å². The molecule has 0 saturated heterocycles. The molecular weight excluding hydrogens is 288 g/mol. The maximum Gasteiger partial charge on any atom is 0.198 e. The fraction of sp³-hybridized carbons (Fsp3) is 0.235. The van der Waals surface area contributed by atoms with Crippen molar-refractivity contribution in [1.82, 2.24) is 0 Å². The number of hydrogen-bond donors (Lipinski definition) is 2. The number of hydrogen-bond acceptors (Lipinski definition) is 3. The molecule has 0 saturated carbocycles. The van der Waals surface area contributed by atoms with Gasteiger partial charge in [0.15, 0.2) is 5.78 Å². The summed E-state index contributed by atoms with van der Waals surface area (Å²) in [7, 11) is 0. The van der Waals surface area contributed by atoms with E-state index in [0.717, 1.165) is 11.6 Å². The summed E-state index contributed by atoms with van der Waals surface area (Å²) in [4.78, 5) is 12.4. The van der Waals surface area contributed by atoms with Crippen LogP contribution in [0.5, 0.6) is 11.5 Å². The summed E-state index contributed by atoms with van der Waals surface area (Å²) in [6, 6.07) is 9.54. The van der Waals surface area contributed by atoms with E-state index < -0.39 is 0 Å². The van der Waals surface area contributed by atoms with Crippen molar-refractivity contribution >= 4 is 17.4 Å². The average molecular weight is 305 g/mol. The van der Waals surface area contributed by atoms with Gasteiger partial charge in [-0.25, -0.2) is 0 Å². The number of halogens is 1. The Bertz CT molecular complexity index is 659. The Morgan fingerprint density at radius 2 is 1.62 bits per heavy atom. The first-order valence-electron chi connectivity index (χ1n) is 6.57. The molecule has 0 atom stereocenters. The first kappa shape index (κ1) is 15.4. The van der Waals surface area contributed by atoms with Gasteiger partial charge in [-0.2, -0.15) is 0 Å². The van der Waals surface area contributed by atoms with Crippen LogP contribution in [0.1, 0.15) is 42.3 Å². The molecule has 0 radical (unpaired) electrons. The monoisotopic (exact) mass is 304 g/mol. The lowest BCUT2D eigenvalue weighted by Gasteiger charge is -2.19. The van der Waals surface area contributed by atoms with E-state index in [9.17, 15) is 15.0 Å². The summed E-state index contributed by atoms with van der Waals surface area (Å²) < 4.78 is 0. The Hall–Kier alpha value is -2.00. The normalized spacial score (nSPS) is 11.4. The smallest absolute Gasteiger partial charge is 0.198 e. The first-order chi connectivity index (χ1) is 9.70. The van der Waals surface area contributed by atoms with Crippen molar-refractivity contribution in [3.8, 4) is 11.5 Å². The molecule has 0 aromatic heterocycles. The van der Waals surface area contributed by atoms with Gasteiger partial charge in [0, 0.05) is 11.6 Å². The minimum Gasteiger partial charge on any atom is -0.508 e. The van der Waals surface area contributed by atoms with E-state index in [1.807, 2.05) is 12.1 Å². The standard InChI is InChI=1S/C17H17ClO3/c1-17(2,3)11-6-4-10(5-7-11)16(21)15-13(18)8-12(19)9-14(15)20/h4-9,19-20H,1-3H3. The molecule has 0 heterocycles. The van der Waals surface area contributed by atoms with Gasteiger partial charge in [0.1, 0.15) is 11.5 Å². The Morgan fingerprint density at radius 3 is 2.10 bits per heavy atom. The predicted octanol–water partition coefficient (Wildman–Crippen LogP) is 4.28. The van der Waals surface area contributed by atoms with Gasteiger partial charge in [0.2, 0.25) is 0 Å². The molecule has 2 aromatic rings. The van der Waals surface area contributed by atoms with Crippen LogP contribution in [0.25, 0.3) is 0 Å². The van der Waals surface area contributed by atoms with E-state index in [1.54, 1.807) is 12.1 Å². The molecule has 2 N–H and O–H groups in total. The molecule has 0 amide bonds. The Balaban J connectivity index is 2.42. The van der Waals surface area contributed by atoms with E-state index in [2.05, 4.69) is 20.8 Å². The summed E-state index contributed by atoms with van der Waals surface area (Å²) >= 11 is 5.94. The molecule has 4 heteroatoms. The van der Waals surface area contributed by atoms with E-state index >= 15 is 0 Å². The topological polar surface area (TPSA) is 57.5 Å². The third-order valence-corrected chi connectivity index (χ3v) is 3.59. The van der Waals surface area contributed by atoms with Gasteiger partial charge in [0.05, 0.1) is 10.6 Å². The summed E-state index contributed by atoms with van der Waals surface area (Å²) in [5.74, 6) is -0.889. The Kier molecular flexibility index (Phi) is 3.97. The van der Waals surface area contributed by atoms with Crippen molar-refractivity contribution in [2.45, 2.75) is 26.2 Å². The number of rotatable bonds is 2.